The van der Waals surface area contributed by atoms with Gasteiger partial charge in [0.05, 0.1) is 11.5 Å². The number of nitrogens with one attached hydrogen (secondary N) is 1. The predicted octanol–water partition coefficient (Wildman–Crippen LogP) is 0.775. The van der Waals surface area contributed by atoms with Crippen LogP contribution in [0.25, 0.3) is 0 Å². The number of amides is 1. The molecule has 7 heteroatoms. The van der Waals surface area contributed by atoms with Crippen LogP contribution in [0.2, 0.25) is 0 Å². The van der Waals surface area contributed by atoms with E-state index in [1.807, 2.05) is 0 Å². The van der Waals surface area contributed by atoms with E-state index in [0.29, 0.717) is 19.7 Å². The van der Waals surface area contributed by atoms with E-state index >= 15 is 0 Å². The van der Waals surface area contributed by atoms with Crippen LogP contribution in [-0.2, 0) is 26.0 Å². The molecule has 1 fully saturated rings. The fourth-order valence-corrected chi connectivity index (χ4v) is 4.14. The average Bonchev–Trinajstić information content (AvgIpc) is 2.66. The summed E-state index contributed by atoms with van der Waals surface area (Å²) in [6.45, 7) is 2.99. The van der Waals surface area contributed by atoms with Crippen molar-refractivity contribution in [1.29, 1.82) is 0 Å². The Morgan fingerprint density at radius 1 is 1.32 bits per heavy atom. The third-order valence-electron chi connectivity index (χ3n) is 3.75. The third-order valence-corrected chi connectivity index (χ3v) is 5.78. The Bertz CT molecular complexity index is 613. The Balaban J connectivity index is 2.20. The van der Waals surface area contributed by atoms with E-state index < -0.39 is 10.0 Å². The molecule has 1 saturated heterocycles. The quantitative estimate of drug-likeness (QED) is 0.867. The minimum Gasteiger partial charge on any atom is -0.384 e. The number of benzene rings is 1. The zero-order chi connectivity index (χ0) is 16.2. The Kier molecular flexibility index (Phi) is 5.55. The fraction of sp³-hybridized carbons (Fsp3) is 0.533. The summed E-state index contributed by atoms with van der Waals surface area (Å²) in [5, 5.41) is 2.70. The summed E-state index contributed by atoms with van der Waals surface area (Å²) < 4.78 is 31.9. The van der Waals surface area contributed by atoms with Gasteiger partial charge >= 0.3 is 0 Å². The summed E-state index contributed by atoms with van der Waals surface area (Å²) in [4.78, 5) is 11.8. The lowest BCUT2D eigenvalue weighted by molar-refractivity contribution is -0.121. The molecule has 0 radical (unpaired) electrons. The van der Waals surface area contributed by atoms with Gasteiger partial charge in [0.1, 0.15) is 0 Å². The molecule has 1 amide bonds. The van der Waals surface area contributed by atoms with E-state index in [1.54, 1.807) is 38.3 Å². The number of hydrogen-bond donors (Lipinski definition) is 1. The molecule has 0 aromatic heterocycles. The van der Waals surface area contributed by atoms with Crippen molar-refractivity contribution in [2.24, 2.45) is 0 Å². The standard InChI is InChI=1S/C15H22N2O4S/c1-12-11-15(18)16-8-9-17(12)22(19,20)14-5-3-13(4-6-14)7-10-21-2/h3-6,12H,7-11H2,1-2H3,(H,16,18). The van der Waals surface area contributed by atoms with Crippen LogP contribution in [0.4, 0.5) is 0 Å². The molecule has 1 aromatic carbocycles. The SMILES string of the molecule is COCCc1ccc(S(=O)(=O)N2CCNC(=O)CC2C)cc1. The van der Waals surface area contributed by atoms with Crippen molar-refractivity contribution in [3.63, 3.8) is 0 Å². The van der Waals surface area contributed by atoms with Gasteiger partial charge in [-0.2, -0.15) is 4.31 Å². The highest BCUT2D eigenvalue weighted by molar-refractivity contribution is 7.89. The molecule has 1 N–H and O–H groups in total. The van der Waals surface area contributed by atoms with E-state index in [1.165, 1.54) is 4.31 Å². The molecule has 6 nitrogen and oxygen atoms in total. The molecule has 22 heavy (non-hydrogen) atoms. The number of methoxy groups -OCH3 is 1. The van der Waals surface area contributed by atoms with Crippen molar-refractivity contribution >= 4 is 15.9 Å². The second-order valence-corrected chi connectivity index (χ2v) is 7.30. The van der Waals surface area contributed by atoms with E-state index in [0.717, 1.165) is 12.0 Å². The molecule has 1 aliphatic rings. The smallest absolute Gasteiger partial charge is 0.243 e. The molecular formula is C15H22N2O4S. The molecule has 0 spiro atoms. The highest BCUT2D eigenvalue weighted by Gasteiger charge is 2.31. The fourth-order valence-electron chi connectivity index (χ4n) is 2.51. The third kappa shape index (κ3) is 3.85. The van der Waals surface area contributed by atoms with Crippen molar-refractivity contribution in [3.05, 3.63) is 29.8 Å². The second kappa shape index (κ2) is 7.21. The number of sulfonamides is 1. The minimum atomic E-state index is -3.59. The zero-order valence-electron chi connectivity index (χ0n) is 12.9. The van der Waals surface area contributed by atoms with Gasteiger partial charge in [-0.15, -0.1) is 0 Å². The van der Waals surface area contributed by atoms with Crippen LogP contribution in [0.1, 0.15) is 18.9 Å². The molecule has 2 rings (SSSR count). The van der Waals surface area contributed by atoms with Crippen LogP contribution in [-0.4, -0.2) is 51.5 Å². The molecule has 0 saturated carbocycles. The van der Waals surface area contributed by atoms with Crippen molar-refractivity contribution in [2.45, 2.75) is 30.7 Å². The highest BCUT2D eigenvalue weighted by atomic mass is 32.2. The number of carbonyl (C=O) groups is 1. The average molecular weight is 326 g/mol. The normalized spacial score (nSPS) is 20.5. The molecule has 0 bridgehead atoms. The Morgan fingerprint density at radius 2 is 2.00 bits per heavy atom. The lowest BCUT2D eigenvalue weighted by atomic mass is 10.2. The second-order valence-electron chi connectivity index (χ2n) is 5.41. The number of rotatable bonds is 5. The van der Waals surface area contributed by atoms with Crippen LogP contribution >= 0.6 is 0 Å². The Labute approximate surface area is 131 Å². The summed E-state index contributed by atoms with van der Waals surface area (Å²) in [5.74, 6) is -0.111. The minimum absolute atomic E-state index is 0.111. The van der Waals surface area contributed by atoms with E-state index in [-0.39, 0.29) is 23.3 Å². The summed E-state index contributed by atoms with van der Waals surface area (Å²) in [7, 11) is -1.95. The van der Waals surface area contributed by atoms with Crippen molar-refractivity contribution in [1.82, 2.24) is 9.62 Å². The summed E-state index contributed by atoms with van der Waals surface area (Å²) >= 11 is 0. The number of nitrogens with zero attached hydrogens (tertiary/aromatic N) is 1. The van der Waals surface area contributed by atoms with Crippen LogP contribution in [0.15, 0.2) is 29.2 Å². The maximum absolute atomic E-state index is 12.7. The number of hydrogen-bond acceptors (Lipinski definition) is 4. The van der Waals surface area contributed by atoms with Gasteiger partial charge in [-0.3, -0.25) is 4.79 Å². The lowest BCUT2D eigenvalue weighted by Gasteiger charge is -2.25. The molecule has 1 aliphatic heterocycles. The highest BCUT2D eigenvalue weighted by Crippen LogP contribution is 2.21. The molecule has 1 atom stereocenters. The first kappa shape index (κ1) is 16.9. The first-order chi connectivity index (χ1) is 10.4. The van der Waals surface area contributed by atoms with E-state index in [2.05, 4.69) is 5.32 Å². The van der Waals surface area contributed by atoms with Gasteiger partial charge in [0.15, 0.2) is 0 Å². The van der Waals surface area contributed by atoms with Crippen LogP contribution < -0.4 is 5.32 Å². The summed E-state index contributed by atoms with van der Waals surface area (Å²) in [6.07, 6.45) is 0.931. The van der Waals surface area contributed by atoms with E-state index in [9.17, 15) is 13.2 Å². The first-order valence-corrected chi connectivity index (χ1v) is 8.75. The van der Waals surface area contributed by atoms with Crippen molar-refractivity contribution in [2.75, 3.05) is 26.8 Å². The molecule has 122 valence electrons. The van der Waals surface area contributed by atoms with Gasteiger partial charge in [-0.1, -0.05) is 12.1 Å². The lowest BCUT2D eigenvalue weighted by Crippen LogP contribution is -2.39. The predicted molar refractivity (Wildman–Crippen MR) is 83.0 cm³/mol. The van der Waals surface area contributed by atoms with Gasteiger partial charge in [0.25, 0.3) is 0 Å². The van der Waals surface area contributed by atoms with E-state index in [4.69, 9.17) is 4.74 Å². The van der Waals surface area contributed by atoms with Gasteiger partial charge in [-0.25, -0.2) is 8.42 Å². The van der Waals surface area contributed by atoms with Gasteiger partial charge in [0, 0.05) is 32.7 Å². The molecule has 0 aliphatic carbocycles. The van der Waals surface area contributed by atoms with Crippen molar-refractivity contribution < 1.29 is 17.9 Å². The molecular weight excluding hydrogens is 304 g/mol. The monoisotopic (exact) mass is 326 g/mol. The first-order valence-electron chi connectivity index (χ1n) is 7.31. The van der Waals surface area contributed by atoms with Crippen LogP contribution in [0, 0.1) is 0 Å². The molecule has 1 heterocycles. The van der Waals surface area contributed by atoms with Gasteiger partial charge < -0.3 is 10.1 Å². The Morgan fingerprint density at radius 3 is 2.64 bits per heavy atom. The maximum atomic E-state index is 12.7. The van der Waals surface area contributed by atoms with Gasteiger partial charge in [-0.05, 0) is 31.0 Å². The summed E-state index contributed by atoms with van der Waals surface area (Å²) in [5.41, 5.74) is 1.03. The number of ether oxygens (including phenoxy) is 1. The maximum Gasteiger partial charge on any atom is 0.243 e. The van der Waals surface area contributed by atoms with Crippen LogP contribution in [0.3, 0.4) is 0 Å². The zero-order valence-corrected chi connectivity index (χ0v) is 13.7. The summed E-state index contributed by atoms with van der Waals surface area (Å²) in [6, 6.07) is 6.50. The molecule has 1 unspecified atom stereocenters. The van der Waals surface area contributed by atoms with Crippen molar-refractivity contribution in [3.8, 4) is 0 Å². The number of carbonyl (C=O) groups excluding carboxylic acids is 1. The van der Waals surface area contributed by atoms with Gasteiger partial charge in [0.2, 0.25) is 15.9 Å². The topological polar surface area (TPSA) is 75.7 Å². The Hall–Kier alpha value is -1.44. The molecule has 1 aromatic rings. The van der Waals surface area contributed by atoms with Crippen LogP contribution in [0.5, 0.6) is 0 Å². The largest absolute Gasteiger partial charge is 0.384 e.